The molecule has 8 nitrogen and oxygen atoms in total. The zero-order valence-corrected chi connectivity index (χ0v) is 20.5. The molecular weight excluding hydrogens is 463 g/mol. The minimum absolute atomic E-state index is 0.0555. The SMILES string of the molecule is CCC(CC)(CS(=O)(=O)CCCOCn1ccc(=O)[nH]c1=O)c1ccc(F)c(OCC2CC2)c1. The molecule has 0 saturated heterocycles. The highest BCUT2D eigenvalue weighted by Gasteiger charge is 2.35. The number of ether oxygens (including phenoxy) is 2. The van der Waals surface area contributed by atoms with E-state index in [1.807, 2.05) is 13.8 Å². The summed E-state index contributed by atoms with van der Waals surface area (Å²) >= 11 is 0. The third-order valence-corrected chi connectivity index (χ3v) is 8.34. The van der Waals surface area contributed by atoms with Crippen molar-refractivity contribution >= 4 is 9.84 Å². The van der Waals surface area contributed by atoms with Gasteiger partial charge in [-0.15, -0.1) is 0 Å². The first-order valence-electron chi connectivity index (χ1n) is 11.7. The molecule has 0 aliphatic heterocycles. The third kappa shape index (κ3) is 7.02. The van der Waals surface area contributed by atoms with E-state index < -0.39 is 32.3 Å². The number of aromatic nitrogens is 2. The van der Waals surface area contributed by atoms with Crippen LogP contribution >= 0.6 is 0 Å². The lowest BCUT2D eigenvalue weighted by molar-refractivity contribution is 0.0745. The number of benzene rings is 1. The number of hydrogen-bond acceptors (Lipinski definition) is 6. The average Bonchev–Trinajstić information content (AvgIpc) is 3.62. The molecule has 1 aliphatic rings. The van der Waals surface area contributed by atoms with Gasteiger partial charge in [0.2, 0.25) is 0 Å². The maximum absolute atomic E-state index is 14.3. The molecule has 0 radical (unpaired) electrons. The molecule has 0 unspecified atom stereocenters. The second-order valence-electron chi connectivity index (χ2n) is 8.95. The minimum Gasteiger partial charge on any atom is -0.490 e. The maximum atomic E-state index is 14.3. The topological polar surface area (TPSA) is 107 Å². The van der Waals surface area contributed by atoms with Crippen LogP contribution in [0.3, 0.4) is 0 Å². The Morgan fingerprint density at radius 3 is 2.56 bits per heavy atom. The van der Waals surface area contributed by atoms with E-state index >= 15 is 0 Å². The molecule has 0 bridgehead atoms. The van der Waals surface area contributed by atoms with Gasteiger partial charge in [0.15, 0.2) is 21.4 Å². The summed E-state index contributed by atoms with van der Waals surface area (Å²) in [5.74, 6) is 0.100. The number of hydrogen-bond donors (Lipinski definition) is 1. The molecule has 2 aromatic rings. The van der Waals surface area contributed by atoms with Gasteiger partial charge in [-0.05, 0) is 55.7 Å². The Bertz CT molecular complexity index is 1180. The molecular formula is C24H33FN2O6S. The zero-order chi connectivity index (χ0) is 24.8. The van der Waals surface area contributed by atoms with Crippen LogP contribution in [0.1, 0.15) is 51.5 Å². The summed E-state index contributed by atoms with van der Waals surface area (Å²) in [5, 5.41) is 0. The smallest absolute Gasteiger partial charge is 0.330 e. The van der Waals surface area contributed by atoms with E-state index in [1.54, 1.807) is 12.1 Å². The van der Waals surface area contributed by atoms with E-state index in [0.29, 0.717) is 25.4 Å². The van der Waals surface area contributed by atoms with Gasteiger partial charge in [0.1, 0.15) is 6.73 Å². The Kier molecular flexibility index (Phi) is 8.70. The first kappa shape index (κ1) is 26.2. The molecule has 1 aliphatic carbocycles. The Hall–Kier alpha value is -2.46. The van der Waals surface area contributed by atoms with Crippen molar-refractivity contribution in [2.24, 2.45) is 5.92 Å². The molecule has 1 fully saturated rings. The number of H-pyrrole nitrogens is 1. The van der Waals surface area contributed by atoms with Crippen LogP contribution in [0.15, 0.2) is 40.1 Å². The van der Waals surface area contributed by atoms with E-state index in [0.717, 1.165) is 18.4 Å². The van der Waals surface area contributed by atoms with Gasteiger partial charge >= 0.3 is 5.69 Å². The fourth-order valence-electron chi connectivity index (χ4n) is 3.96. The molecule has 0 atom stereocenters. The molecule has 0 amide bonds. The summed E-state index contributed by atoms with van der Waals surface area (Å²) in [6.07, 6.45) is 4.95. The summed E-state index contributed by atoms with van der Waals surface area (Å²) in [6.45, 7) is 4.43. The van der Waals surface area contributed by atoms with Crippen LogP contribution in [0.4, 0.5) is 4.39 Å². The van der Waals surface area contributed by atoms with Gasteiger partial charge in [0, 0.05) is 24.3 Å². The van der Waals surface area contributed by atoms with Crippen LogP contribution < -0.4 is 16.0 Å². The van der Waals surface area contributed by atoms with E-state index in [9.17, 15) is 22.4 Å². The molecule has 1 N–H and O–H groups in total. The van der Waals surface area contributed by atoms with E-state index in [2.05, 4.69) is 4.98 Å². The van der Waals surface area contributed by atoms with Crippen molar-refractivity contribution in [3.63, 3.8) is 0 Å². The number of nitrogens with one attached hydrogen (secondary N) is 1. The first-order chi connectivity index (χ1) is 16.2. The highest BCUT2D eigenvalue weighted by molar-refractivity contribution is 7.91. The molecule has 1 saturated carbocycles. The fraction of sp³-hybridized carbons (Fsp3) is 0.583. The highest BCUT2D eigenvalue weighted by Crippen LogP contribution is 2.37. The quantitative estimate of drug-likeness (QED) is 0.403. The second kappa shape index (κ2) is 11.3. The van der Waals surface area contributed by atoms with Crippen LogP contribution in [-0.4, -0.2) is 42.7 Å². The van der Waals surface area contributed by atoms with Crippen molar-refractivity contribution in [1.82, 2.24) is 9.55 Å². The predicted molar refractivity (Wildman–Crippen MR) is 127 cm³/mol. The second-order valence-corrected chi connectivity index (χ2v) is 11.1. The summed E-state index contributed by atoms with van der Waals surface area (Å²) in [7, 11) is -3.44. The Labute approximate surface area is 199 Å². The van der Waals surface area contributed by atoms with Gasteiger partial charge in [-0.2, -0.15) is 0 Å². The lowest BCUT2D eigenvalue weighted by Gasteiger charge is -2.32. The largest absolute Gasteiger partial charge is 0.490 e. The van der Waals surface area contributed by atoms with Crippen molar-refractivity contribution in [3.05, 3.63) is 62.7 Å². The van der Waals surface area contributed by atoms with Crippen LogP contribution in [0.2, 0.25) is 0 Å². The monoisotopic (exact) mass is 496 g/mol. The number of halogens is 1. The Balaban J connectivity index is 1.60. The number of sulfone groups is 1. The van der Waals surface area contributed by atoms with Crippen LogP contribution in [0.25, 0.3) is 0 Å². The van der Waals surface area contributed by atoms with Crippen molar-refractivity contribution in [2.45, 2.75) is 58.1 Å². The molecule has 188 valence electrons. The number of nitrogens with zero attached hydrogens (tertiary/aromatic N) is 1. The average molecular weight is 497 g/mol. The first-order valence-corrected chi connectivity index (χ1v) is 13.5. The standard InChI is InChI=1S/C24H33FN2O6S/c1-3-24(4-2,19-8-9-20(25)21(14-19)33-15-18-6-7-18)16-34(30,31)13-5-12-32-17-27-11-10-22(28)26-23(27)29/h8-11,14,18H,3-7,12-13,15-17H2,1-2H3,(H,26,28,29). The van der Waals surface area contributed by atoms with E-state index in [1.165, 1.54) is 22.9 Å². The molecule has 0 spiro atoms. The summed E-state index contributed by atoms with van der Waals surface area (Å²) in [4.78, 5) is 24.9. The molecule has 10 heteroatoms. The fourth-order valence-corrected chi connectivity index (χ4v) is 6.08. The number of aromatic amines is 1. The van der Waals surface area contributed by atoms with Gasteiger partial charge in [-0.1, -0.05) is 19.9 Å². The molecule has 34 heavy (non-hydrogen) atoms. The predicted octanol–water partition coefficient (Wildman–Crippen LogP) is 3.00. The minimum atomic E-state index is -3.44. The van der Waals surface area contributed by atoms with Crippen molar-refractivity contribution in [1.29, 1.82) is 0 Å². The van der Waals surface area contributed by atoms with Crippen molar-refractivity contribution in [3.8, 4) is 5.75 Å². The summed E-state index contributed by atoms with van der Waals surface area (Å²) in [6, 6.07) is 5.89. The summed E-state index contributed by atoms with van der Waals surface area (Å²) in [5.41, 5.74) is -0.961. The number of rotatable bonds is 14. The molecule has 1 heterocycles. The molecule has 1 aromatic carbocycles. The van der Waals surface area contributed by atoms with Crippen LogP contribution in [0.5, 0.6) is 5.75 Å². The lowest BCUT2D eigenvalue weighted by Crippen LogP contribution is -2.35. The van der Waals surface area contributed by atoms with Crippen molar-refractivity contribution in [2.75, 3.05) is 24.7 Å². The van der Waals surface area contributed by atoms with E-state index in [4.69, 9.17) is 9.47 Å². The molecule has 3 rings (SSSR count). The van der Waals surface area contributed by atoms with Gasteiger partial charge in [-0.25, -0.2) is 17.6 Å². The molecule has 1 aromatic heterocycles. The van der Waals surface area contributed by atoms with Gasteiger partial charge in [0.05, 0.1) is 18.1 Å². The van der Waals surface area contributed by atoms with E-state index in [-0.39, 0.29) is 37.0 Å². The third-order valence-electron chi connectivity index (χ3n) is 6.44. The van der Waals surface area contributed by atoms with Crippen molar-refractivity contribution < 1.29 is 22.3 Å². The summed E-state index contributed by atoms with van der Waals surface area (Å²) < 4.78 is 52.5. The van der Waals surface area contributed by atoms with Gasteiger partial charge in [-0.3, -0.25) is 14.3 Å². The normalized spacial score (nSPS) is 14.3. The van der Waals surface area contributed by atoms with Crippen LogP contribution in [-0.2, 0) is 26.7 Å². The lowest BCUT2D eigenvalue weighted by atomic mass is 9.77. The zero-order valence-electron chi connectivity index (χ0n) is 19.7. The van der Waals surface area contributed by atoms with Gasteiger partial charge in [0.25, 0.3) is 5.56 Å². The highest BCUT2D eigenvalue weighted by atomic mass is 32.2. The van der Waals surface area contributed by atoms with Gasteiger partial charge < -0.3 is 9.47 Å². The van der Waals surface area contributed by atoms with Crippen LogP contribution in [0, 0.1) is 11.7 Å². The Morgan fingerprint density at radius 1 is 1.18 bits per heavy atom. The maximum Gasteiger partial charge on any atom is 0.330 e. The Morgan fingerprint density at radius 2 is 1.91 bits per heavy atom.